The summed E-state index contributed by atoms with van der Waals surface area (Å²) in [5.74, 6) is 0. The molecule has 0 fully saturated rings. The van der Waals surface area contributed by atoms with Gasteiger partial charge in [-0.15, -0.1) is 0 Å². The van der Waals surface area contributed by atoms with Gasteiger partial charge in [0.15, 0.2) is 0 Å². The number of aryl methyl sites for hydroxylation is 1. The quantitative estimate of drug-likeness (QED) is 0.645. The molecule has 10 heavy (non-hydrogen) atoms. The van der Waals surface area contributed by atoms with Crippen LogP contribution in [0.2, 0.25) is 0 Å². The molecule has 0 aliphatic rings. The molecule has 0 aromatic heterocycles. The number of hydrogen-bond acceptors (Lipinski definition) is 1. The highest BCUT2D eigenvalue weighted by atomic mass is 32.2. The van der Waals surface area contributed by atoms with E-state index in [1.165, 1.54) is 0 Å². The summed E-state index contributed by atoms with van der Waals surface area (Å²) in [6.07, 6.45) is 0. The highest BCUT2D eigenvalue weighted by Gasteiger charge is 1.94. The van der Waals surface area contributed by atoms with E-state index >= 15 is 0 Å². The molecule has 2 nitrogen and oxygen atoms in total. The Labute approximate surface area is 62.6 Å². The van der Waals surface area contributed by atoms with Crippen molar-refractivity contribution >= 4 is 11.0 Å². The van der Waals surface area contributed by atoms with Crippen molar-refractivity contribution in [1.29, 1.82) is 0 Å². The van der Waals surface area contributed by atoms with Crippen molar-refractivity contribution in [3.63, 3.8) is 0 Å². The molecule has 0 heterocycles. The standard InChI is InChI=1S/C7H9NOS/c1-6-3-2-4-7(5-6)10(8)9/h2-5H,8H2,1H3/t10-/m1/s1. The fraction of sp³-hybridized carbons (Fsp3) is 0.143. The van der Waals surface area contributed by atoms with Crippen LogP contribution in [0.3, 0.4) is 0 Å². The van der Waals surface area contributed by atoms with Crippen molar-refractivity contribution in [1.82, 2.24) is 0 Å². The van der Waals surface area contributed by atoms with E-state index < -0.39 is 11.0 Å². The highest BCUT2D eigenvalue weighted by Crippen LogP contribution is 2.04. The highest BCUT2D eigenvalue weighted by molar-refractivity contribution is 7.82. The Balaban J connectivity index is 3.07. The Hall–Kier alpha value is -0.670. The van der Waals surface area contributed by atoms with E-state index in [4.69, 9.17) is 5.14 Å². The topological polar surface area (TPSA) is 43.1 Å². The molecule has 0 amide bonds. The van der Waals surface area contributed by atoms with Crippen molar-refractivity contribution in [2.45, 2.75) is 11.8 Å². The lowest BCUT2D eigenvalue weighted by Crippen LogP contribution is -2.02. The Morgan fingerprint density at radius 3 is 2.60 bits per heavy atom. The normalized spacial score (nSPS) is 13.0. The number of nitrogens with two attached hydrogens (primary N) is 1. The van der Waals surface area contributed by atoms with Crippen LogP contribution in [0.15, 0.2) is 29.2 Å². The maximum absolute atomic E-state index is 10.7. The zero-order chi connectivity index (χ0) is 7.56. The van der Waals surface area contributed by atoms with Gasteiger partial charge in [-0.25, -0.2) is 9.35 Å². The monoisotopic (exact) mass is 155 g/mol. The molecule has 0 saturated heterocycles. The molecule has 0 aliphatic heterocycles. The second kappa shape index (κ2) is 2.94. The van der Waals surface area contributed by atoms with Crippen LogP contribution in [-0.4, -0.2) is 4.21 Å². The van der Waals surface area contributed by atoms with Gasteiger partial charge >= 0.3 is 0 Å². The first-order valence-electron chi connectivity index (χ1n) is 2.93. The third-order valence-corrected chi connectivity index (χ3v) is 1.94. The van der Waals surface area contributed by atoms with E-state index in [2.05, 4.69) is 0 Å². The minimum Gasteiger partial charge on any atom is -0.248 e. The summed E-state index contributed by atoms with van der Waals surface area (Å²) in [6, 6.07) is 7.35. The fourth-order valence-electron chi connectivity index (χ4n) is 0.740. The molecule has 1 rings (SSSR count). The first-order valence-corrected chi connectivity index (χ1v) is 4.14. The van der Waals surface area contributed by atoms with Gasteiger partial charge in [0.1, 0.15) is 11.0 Å². The molecular formula is C7H9NOS. The molecule has 0 bridgehead atoms. The van der Waals surface area contributed by atoms with Gasteiger partial charge in [-0.1, -0.05) is 12.1 Å². The number of hydrogen-bond donors (Lipinski definition) is 1. The van der Waals surface area contributed by atoms with Crippen molar-refractivity contribution in [2.24, 2.45) is 5.14 Å². The summed E-state index contributed by atoms with van der Waals surface area (Å²) >= 11 is 0. The smallest absolute Gasteiger partial charge is 0.122 e. The van der Waals surface area contributed by atoms with E-state index in [1.54, 1.807) is 6.07 Å². The van der Waals surface area contributed by atoms with Crippen LogP contribution < -0.4 is 5.14 Å². The predicted molar refractivity (Wildman–Crippen MR) is 41.8 cm³/mol. The lowest BCUT2D eigenvalue weighted by atomic mass is 10.2. The molecule has 3 heteroatoms. The molecule has 0 radical (unpaired) electrons. The number of benzene rings is 1. The first-order chi connectivity index (χ1) is 4.70. The van der Waals surface area contributed by atoms with Gasteiger partial charge in [-0.3, -0.25) is 0 Å². The molecule has 2 N–H and O–H groups in total. The summed E-state index contributed by atoms with van der Waals surface area (Å²) in [5, 5.41) is 5.15. The summed E-state index contributed by atoms with van der Waals surface area (Å²) in [4.78, 5) is 0.681. The lowest BCUT2D eigenvalue weighted by Gasteiger charge is -1.95. The van der Waals surface area contributed by atoms with Crippen molar-refractivity contribution in [3.8, 4) is 0 Å². The van der Waals surface area contributed by atoms with Crippen LogP contribution >= 0.6 is 0 Å². The molecule has 1 aromatic carbocycles. The summed E-state index contributed by atoms with van der Waals surface area (Å²) in [6.45, 7) is 1.94. The van der Waals surface area contributed by atoms with E-state index in [0.717, 1.165) is 5.56 Å². The van der Waals surface area contributed by atoms with E-state index in [9.17, 15) is 4.21 Å². The van der Waals surface area contributed by atoms with Gasteiger partial charge in [0.25, 0.3) is 0 Å². The SMILES string of the molecule is Cc1cccc([S@](N)=O)c1. The summed E-state index contributed by atoms with van der Waals surface area (Å²) in [5.41, 5.74) is 1.08. The van der Waals surface area contributed by atoms with Gasteiger partial charge in [0, 0.05) is 0 Å². The summed E-state index contributed by atoms with van der Waals surface area (Å²) < 4.78 is 10.7. The second-order valence-electron chi connectivity index (χ2n) is 2.11. The molecule has 0 aliphatic carbocycles. The number of rotatable bonds is 1. The van der Waals surface area contributed by atoms with E-state index in [0.29, 0.717) is 4.90 Å². The van der Waals surface area contributed by atoms with Crippen LogP contribution in [0.5, 0.6) is 0 Å². The second-order valence-corrected chi connectivity index (χ2v) is 3.18. The van der Waals surface area contributed by atoms with Crippen LogP contribution in [-0.2, 0) is 11.0 Å². The van der Waals surface area contributed by atoms with Crippen LogP contribution in [0, 0.1) is 6.92 Å². The Bertz CT molecular complexity index is 260. The third kappa shape index (κ3) is 1.65. The van der Waals surface area contributed by atoms with Crippen LogP contribution in [0.25, 0.3) is 0 Å². The maximum Gasteiger partial charge on any atom is 0.122 e. The maximum atomic E-state index is 10.7. The minimum atomic E-state index is -1.34. The summed E-state index contributed by atoms with van der Waals surface area (Å²) in [7, 11) is -1.34. The first kappa shape index (κ1) is 7.44. The van der Waals surface area contributed by atoms with Gasteiger partial charge in [-0.2, -0.15) is 0 Å². The third-order valence-electron chi connectivity index (χ3n) is 1.22. The fourth-order valence-corrected chi connectivity index (χ4v) is 1.26. The van der Waals surface area contributed by atoms with Crippen LogP contribution in [0.1, 0.15) is 5.56 Å². The zero-order valence-corrected chi connectivity index (χ0v) is 6.52. The Morgan fingerprint density at radius 2 is 2.20 bits per heavy atom. The zero-order valence-electron chi connectivity index (χ0n) is 5.70. The van der Waals surface area contributed by atoms with Crippen LogP contribution in [0.4, 0.5) is 0 Å². The minimum absolute atomic E-state index is 0.681. The van der Waals surface area contributed by atoms with E-state index in [-0.39, 0.29) is 0 Å². The Morgan fingerprint density at radius 1 is 1.50 bits per heavy atom. The van der Waals surface area contributed by atoms with Crippen molar-refractivity contribution in [2.75, 3.05) is 0 Å². The molecule has 1 atom stereocenters. The Kier molecular flexibility index (Phi) is 2.19. The largest absolute Gasteiger partial charge is 0.248 e. The van der Waals surface area contributed by atoms with Gasteiger partial charge < -0.3 is 0 Å². The lowest BCUT2D eigenvalue weighted by molar-refractivity contribution is 0.684. The molecule has 1 aromatic rings. The molecule has 0 saturated carbocycles. The van der Waals surface area contributed by atoms with Crippen molar-refractivity contribution < 1.29 is 4.21 Å². The average Bonchev–Trinajstić information content (AvgIpc) is 1.88. The molecular weight excluding hydrogens is 146 g/mol. The van der Waals surface area contributed by atoms with Gasteiger partial charge in [0.05, 0.1) is 4.90 Å². The van der Waals surface area contributed by atoms with Gasteiger partial charge in [0.2, 0.25) is 0 Å². The molecule has 0 spiro atoms. The van der Waals surface area contributed by atoms with E-state index in [1.807, 2.05) is 25.1 Å². The predicted octanol–water partition coefficient (Wildman–Crippen LogP) is 0.976. The van der Waals surface area contributed by atoms with Gasteiger partial charge in [-0.05, 0) is 24.6 Å². The molecule has 54 valence electrons. The average molecular weight is 155 g/mol. The molecule has 0 unspecified atom stereocenters. The van der Waals surface area contributed by atoms with Crippen molar-refractivity contribution in [3.05, 3.63) is 29.8 Å².